The summed E-state index contributed by atoms with van der Waals surface area (Å²) >= 11 is 0. The minimum Gasteiger partial charge on any atom is -0.469 e. The van der Waals surface area contributed by atoms with Crippen molar-refractivity contribution >= 4 is 41.8 Å². The van der Waals surface area contributed by atoms with Gasteiger partial charge in [-0.3, -0.25) is 14.6 Å². The third-order valence-electron chi connectivity index (χ3n) is 4.16. The van der Waals surface area contributed by atoms with Gasteiger partial charge < -0.3 is 20.3 Å². The monoisotopic (exact) mass is 440 g/mol. The second-order valence-corrected chi connectivity index (χ2v) is 6.38. The smallest absolute Gasteiger partial charge is 0.310 e. The summed E-state index contributed by atoms with van der Waals surface area (Å²) in [7, 11) is 4.74. The number of guanidine groups is 1. The van der Waals surface area contributed by atoms with E-state index in [1.54, 1.807) is 14.1 Å². The molecule has 1 heterocycles. The predicted molar refractivity (Wildman–Crippen MR) is 101 cm³/mol. The van der Waals surface area contributed by atoms with Crippen LogP contribution in [0.4, 0.5) is 0 Å². The van der Waals surface area contributed by atoms with Gasteiger partial charge in [-0.25, -0.2) is 0 Å². The summed E-state index contributed by atoms with van der Waals surface area (Å²) in [6.45, 7) is 7.55. The number of rotatable bonds is 4. The van der Waals surface area contributed by atoms with Crippen LogP contribution in [0.5, 0.6) is 0 Å². The first-order chi connectivity index (χ1) is 10.3. The van der Waals surface area contributed by atoms with Crippen molar-refractivity contribution in [2.24, 2.45) is 22.2 Å². The first kappa shape index (κ1) is 21.9. The molecule has 0 aromatic heterocycles. The van der Waals surface area contributed by atoms with E-state index >= 15 is 0 Å². The maximum atomic E-state index is 11.8. The van der Waals surface area contributed by atoms with Gasteiger partial charge in [0.25, 0.3) is 0 Å². The Bertz CT molecular complexity index is 454. The number of hydrogen-bond donors (Lipinski definition) is 2. The summed E-state index contributed by atoms with van der Waals surface area (Å²) in [6.07, 6.45) is 0. The maximum absolute atomic E-state index is 11.8. The number of amides is 1. The standard InChI is InChI=1S/C15H28N4O3.HI/c1-10-7-19(8-11(10)12(20)22-6)14(17-5)18-9-15(2,3)13(21)16-4;/h10-11H,7-9H2,1-6H3,(H,16,21)(H,17,18);1H. The number of nitrogens with one attached hydrogen (secondary N) is 2. The van der Waals surface area contributed by atoms with Gasteiger partial charge in [0.1, 0.15) is 0 Å². The number of nitrogens with zero attached hydrogens (tertiary/aromatic N) is 2. The van der Waals surface area contributed by atoms with Crippen LogP contribution in [-0.4, -0.2) is 63.6 Å². The average Bonchev–Trinajstić information content (AvgIpc) is 2.87. The molecule has 8 heteroatoms. The van der Waals surface area contributed by atoms with E-state index in [0.29, 0.717) is 19.0 Å². The van der Waals surface area contributed by atoms with Crippen LogP contribution in [0.25, 0.3) is 0 Å². The summed E-state index contributed by atoms with van der Waals surface area (Å²) in [4.78, 5) is 29.9. The molecule has 0 radical (unpaired) electrons. The van der Waals surface area contributed by atoms with E-state index in [0.717, 1.165) is 6.54 Å². The summed E-state index contributed by atoms with van der Waals surface area (Å²) in [5, 5.41) is 5.89. The van der Waals surface area contributed by atoms with Gasteiger partial charge in [0.2, 0.25) is 5.91 Å². The lowest BCUT2D eigenvalue weighted by molar-refractivity contribution is -0.146. The van der Waals surface area contributed by atoms with Crippen LogP contribution >= 0.6 is 24.0 Å². The van der Waals surface area contributed by atoms with Crippen LogP contribution in [0.3, 0.4) is 0 Å². The second-order valence-electron chi connectivity index (χ2n) is 6.38. The minimum atomic E-state index is -0.544. The van der Waals surface area contributed by atoms with Crippen LogP contribution in [0.1, 0.15) is 20.8 Å². The van der Waals surface area contributed by atoms with Gasteiger partial charge in [0.05, 0.1) is 18.4 Å². The topological polar surface area (TPSA) is 83.0 Å². The van der Waals surface area contributed by atoms with Crippen molar-refractivity contribution in [2.45, 2.75) is 20.8 Å². The van der Waals surface area contributed by atoms with E-state index in [9.17, 15) is 9.59 Å². The van der Waals surface area contributed by atoms with E-state index in [4.69, 9.17) is 4.74 Å². The Morgan fingerprint density at radius 2 is 1.96 bits per heavy atom. The third kappa shape index (κ3) is 5.50. The number of hydrogen-bond acceptors (Lipinski definition) is 4. The highest BCUT2D eigenvalue weighted by atomic mass is 127. The molecule has 23 heavy (non-hydrogen) atoms. The van der Waals surface area contributed by atoms with Crippen molar-refractivity contribution in [1.82, 2.24) is 15.5 Å². The van der Waals surface area contributed by atoms with E-state index in [-0.39, 0.29) is 47.7 Å². The van der Waals surface area contributed by atoms with E-state index in [1.807, 2.05) is 25.7 Å². The molecule has 134 valence electrons. The molecular formula is C15H29IN4O3. The minimum absolute atomic E-state index is 0. The molecular weight excluding hydrogens is 411 g/mol. The number of carbonyl (C=O) groups is 2. The highest BCUT2D eigenvalue weighted by Gasteiger charge is 2.37. The van der Waals surface area contributed by atoms with Crippen LogP contribution in [0, 0.1) is 17.3 Å². The van der Waals surface area contributed by atoms with Crippen LogP contribution in [0.15, 0.2) is 4.99 Å². The fourth-order valence-electron chi connectivity index (χ4n) is 2.65. The molecule has 0 spiro atoms. The first-order valence-corrected chi connectivity index (χ1v) is 7.52. The predicted octanol–water partition coefficient (Wildman–Crippen LogP) is 0.693. The molecule has 1 rings (SSSR count). The largest absolute Gasteiger partial charge is 0.469 e. The fraction of sp³-hybridized carbons (Fsp3) is 0.800. The molecule has 1 saturated heterocycles. The summed E-state index contributed by atoms with van der Waals surface area (Å²) < 4.78 is 4.85. The molecule has 1 aliphatic rings. The average molecular weight is 440 g/mol. The molecule has 0 aromatic rings. The number of methoxy groups -OCH3 is 1. The van der Waals surface area contributed by atoms with Crippen molar-refractivity contribution in [3.8, 4) is 0 Å². The van der Waals surface area contributed by atoms with Crippen LogP contribution in [0.2, 0.25) is 0 Å². The second kappa shape index (κ2) is 9.29. The zero-order valence-corrected chi connectivity index (χ0v) is 17.1. The molecule has 2 atom stereocenters. The van der Waals surface area contributed by atoms with Crippen molar-refractivity contribution in [2.75, 3.05) is 40.8 Å². The Hall–Kier alpha value is -1.06. The van der Waals surface area contributed by atoms with Crippen LogP contribution < -0.4 is 10.6 Å². The fourth-order valence-corrected chi connectivity index (χ4v) is 2.65. The molecule has 2 unspecified atom stereocenters. The number of halogens is 1. The molecule has 2 N–H and O–H groups in total. The van der Waals surface area contributed by atoms with Gasteiger partial charge >= 0.3 is 5.97 Å². The number of ether oxygens (including phenoxy) is 1. The van der Waals surface area contributed by atoms with Gasteiger partial charge in [0.15, 0.2) is 5.96 Å². The molecule has 0 aliphatic carbocycles. The normalized spacial score (nSPS) is 21.5. The summed E-state index contributed by atoms with van der Waals surface area (Å²) in [5.74, 6) is 0.553. The number of carbonyl (C=O) groups excluding carboxylic acids is 2. The molecule has 0 bridgehead atoms. The SMILES string of the molecule is CN=C(NCC(C)(C)C(=O)NC)N1CC(C)C(C(=O)OC)C1.I. The van der Waals surface area contributed by atoms with E-state index in [2.05, 4.69) is 15.6 Å². The van der Waals surface area contributed by atoms with E-state index in [1.165, 1.54) is 7.11 Å². The highest BCUT2D eigenvalue weighted by molar-refractivity contribution is 14.0. The van der Waals surface area contributed by atoms with Crippen molar-refractivity contribution in [3.05, 3.63) is 0 Å². The molecule has 1 amide bonds. The molecule has 0 saturated carbocycles. The number of aliphatic imine (C=N–C) groups is 1. The molecule has 7 nitrogen and oxygen atoms in total. The lowest BCUT2D eigenvalue weighted by Crippen LogP contribution is -2.48. The number of likely N-dealkylation sites (tertiary alicyclic amines) is 1. The number of esters is 1. The van der Waals surface area contributed by atoms with Crippen molar-refractivity contribution in [1.29, 1.82) is 0 Å². The maximum Gasteiger partial charge on any atom is 0.310 e. The van der Waals surface area contributed by atoms with Gasteiger partial charge in [-0.05, 0) is 19.8 Å². The van der Waals surface area contributed by atoms with Gasteiger partial charge in [-0.2, -0.15) is 0 Å². The zero-order valence-electron chi connectivity index (χ0n) is 14.8. The van der Waals surface area contributed by atoms with Gasteiger partial charge in [-0.15, -0.1) is 24.0 Å². The van der Waals surface area contributed by atoms with E-state index < -0.39 is 5.41 Å². The highest BCUT2D eigenvalue weighted by Crippen LogP contribution is 2.24. The Morgan fingerprint density at radius 3 is 2.43 bits per heavy atom. The Labute approximate surface area is 155 Å². The molecule has 1 aliphatic heterocycles. The zero-order chi connectivity index (χ0) is 16.9. The Balaban J connectivity index is 0.00000484. The third-order valence-corrected chi connectivity index (χ3v) is 4.16. The van der Waals surface area contributed by atoms with Crippen molar-refractivity contribution < 1.29 is 14.3 Å². The summed E-state index contributed by atoms with van der Waals surface area (Å²) in [5.41, 5.74) is -0.544. The Kier molecular flexibility index (Phi) is 8.86. The molecule has 1 fully saturated rings. The van der Waals surface area contributed by atoms with Crippen molar-refractivity contribution in [3.63, 3.8) is 0 Å². The van der Waals surface area contributed by atoms with Gasteiger partial charge in [-0.1, -0.05) is 6.92 Å². The lowest BCUT2D eigenvalue weighted by Gasteiger charge is -2.27. The summed E-state index contributed by atoms with van der Waals surface area (Å²) in [6, 6.07) is 0. The van der Waals surface area contributed by atoms with Gasteiger partial charge in [0, 0.05) is 33.7 Å². The first-order valence-electron chi connectivity index (χ1n) is 7.52. The molecule has 0 aromatic carbocycles. The van der Waals surface area contributed by atoms with Crippen LogP contribution in [-0.2, 0) is 14.3 Å². The lowest BCUT2D eigenvalue weighted by atomic mass is 9.92. The Morgan fingerprint density at radius 1 is 1.35 bits per heavy atom. The quantitative estimate of drug-likeness (QED) is 0.291.